The Labute approximate surface area is 92.1 Å². The van der Waals surface area contributed by atoms with Gasteiger partial charge in [0, 0.05) is 12.6 Å². The number of benzene rings is 1. The molecule has 0 saturated carbocycles. The SMILES string of the molecule is Cc1ccccc1CCNC1CCNC1. The van der Waals surface area contributed by atoms with Crippen LogP contribution >= 0.6 is 0 Å². The molecule has 1 aliphatic rings. The standard InChI is InChI=1S/C13H20N2/c1-11-4-2-3-5-12(11)6-9-15-13-7-8-14-10-13/h2-5,13-15H,6-10H2,1H3. The van der Waals surface area contributed by atoms with Gasteiger partial charge in [-0.25, -0.2) is 0 Å². The van der Waals surface area contributed by atoms with Crippen LogP contribution in [0.5, 0.6) is 0 Å². The van der Waals surface area contributed by atoms with Gasteiger partial charge in [-0.3, -0.25) is 0 Å². The third-order valence-electron chi connectivity index (χ3n) is 3.15. The first kappa shape index (κ1) is 10.7. The number of aryl methyl sites for hydroxylation is 1. The molecule has 2 N–H and O–H groups in total. The van der Waals surface area contributed by atoms with Crippen LogP contribution in [-0.2, 0) is 6.42 Å². The monoisotopic (exact) mass is 204 g/mol. The Morgan fingerprint density at radius 1 is 1.40 bits per heavy atom. The molecule has 82 valence electrons. The third kappa shape index (κ3) is 3.05. The van der Waals surface area contributed by atoms with Crippen LogP contribution in [0.2, 0.25) is 0 Å². The van der Waals surface area contributed by atoms with E-state index in [1.54, 1.807) is 0 Å². The lowest BCUT2D eigenvalue weighted by atomic mass is 10.1. The van der Waals surface area contributed by atoms with Gasteiger partial charge in [0.25, 0.3) is 0 Å². The molecule has 0 bridgehead atoms. The van der Waals surface area contributed by atoms with Gasteiger partial charge in [-0.15, -0.1) is 0 Å². The van der Waals surface area contributed by atoms with E-state index in [2.05, 4.69) is 41.8 Å². The maximum absolute atomic E-state index is 3.59. The zero-order valence-electron chi connectivity index (χ0n) is 9.42. The third-order valence-corrected chi connectivity index (χ3v) is 3.15. The summed E-state index contributed by atoms with van der Waals surface area (Å²) in [5, 5.41) is 6.96. The van der Waals surface area contributed by atoms with E-state index in [0.717, 1.165) is 19.5 Å². The summed E-state index contributed by atoms with van der Waals surface area (Å²) >= 11 is 0. The quantitative estimate of drug-likeness (QED) is 0.776. The van der Waals surface area contributed by atoms with Crippen molar-refractivity contribution in [2.75, 3.05) is 19.6 Å². The lowest BCUT2D eigenvalue weighted by Gasteiger charge is -2.11. The zero-order chi connectivity index (χ0) is 10.5. The second kappa shape index (κ2) is 5.29. The fraction of sp³-hybridized carbons (Fsp3) is 0.538. The fourth-order valence-electron chi connectivity index (χ4n) is 2.13. The summed E-state index contributed by atoms with van der Waals surface area (Å²) in [6, 6.07) is 9.33. The van der Waals surface area contributed by atoms with Crippen molar-refractivity contribution < 1.29 is 0 Å². The van der Waals surface area contributed by atoms with Gasteiger partial charge in [-0.2, -0.15) is 0 Å². The molecule has 1 fully saturated rings. The minimum Gasteiger partial charge on any atom is -0.315 e. The van der Waals surface area contributed by atoms with Gasteiger partial charge in [0.2, 0.25) is 0 Å². The Hall–Kier alpha value is -0.860. The average molecular weight is 204 g/mol. The minimum atomic E-state index is 0.689. The summed E-state index contributed by atoms with van der Waals surface area (Å²) in [5.41, 5.74) is 2.87. The van der Waals surface area contributed by atoms with Crippen molar-refractivity contribution in [3.8, 4) is 0 Å². The van der Waals surface area contributed by atoms with Gasteiger partial charge in [0.1, 0.15) is 0 Å². The van der Waals surface area contributed by atoms with Crippen LogP contribution in [0.1, 0.15) is 17.5 Å². The molecule has 0 amide bonds. The zero-order valence-corrected chi connectivity index (χ0v) is 9.42. The molecule has 0 spiro atoms. The van der Waals surface area contributed by atoms with Crippen molar-refractivity contribution in [2.45, 2.75) is 25.8 Å². The largest absolute Gasteiger partial charge is 0.315 e. The van der Waals surface area contributed by atoms with Gasteiger partial charge < -0.3 is 10.6 Å². The molecule has 1 unspecified atom stereocenters. The molecular formula is C13H20N2. The van der Waals surface area contributed by atoms with Crippen molar-refractivity contribution >= 4 is 0 Å². The highest BCUT2D eigenvalue weighted by Crippen LogP contribution is 2.07. The molecule has 1 aliphatic heterocycles. The Morgan fingerprint density at radius 3 is 3.00 bits per heavy atom. The molecule has 0 aromatic heterocycles. The first-order valence-corrected chi connectivity index (χ1v) is 5.85. The molecule has 2 nitrogen and oxygen atoms in total. The minimum absolute atomic E-state index is 0.689. The van der Waals surface area contributed by atoms with E-state index in [9.17, 15) is 0 Å². The van der Waals surface area contributed by atoms with E-state index < -0.39 is 0 Å². The van der Waals surface area contributed by atoms with E-state index in [-0.39, 0.29) is 0 Å². The lowest BCUT2D eigenvalue weighted by molar-refractivity contribution is 0.550. The van der Waals surface area contributed by atoms with Gasteiger partial charge in [0.15, 0.2) is 0 Å². The van der Waals surface area contributed by atoms with Gasteiger partial charge >= 0.3 is 0 Å². The van der Waals surface area contributed by atoms with Crippen LogP contribution in [0.3, 0.4) is 0 Å². The topological polar surface area (TPSA) is 24.1 Å². The van der Waals surface area contributed by atoms with Crippen LogP contribution in [0, 0.1) is 6.92 Å². The van der Waals surface area contributed by atoms with E-state index in [0.29, 0.717) is 6.04 Å². The molecular weight excluding hydrogens is 184 g/mol. The first-order chi connectivity index (χ1) is 7.36. The first-order valence-electron chi connectivity index (χ1n) is 5.85. The second-order valence-corrected chi connectivity index (χ2v) is 4.32. The average Bonchev–Trinajstić information content (AvgIpc) is 2.74. The number of hydrogen-bond acceptors (Lipinski definition) is 2. The maximum Gasteiger partial charge on any atom is 0.0204 e. The lowest BCUT2D eigenvalue weighted by Crippen LogP contribution is -2.32. The van der Waals surface area contributed by atoms with Crippen LogP contribution in [0.25, 0.3) is 0 Å². The smallest absolute Gasteiger partial charge is 0.0204 e. The van der Waals surface area contributed by atoms with Crippen LogP contribution in [0.15, 0.2) is 24.3 Å². The molecule has 1 aromatic carbocycles. The van der Waals surface area contributed by atoms with Crippen molar-refractivity contribution in [3.05, 3.63) is 35.4 Å². The number of nitrogens with one attached hydrogen (secondary N) is 2. The highest BCUT2D eigenvalue weighted by molar-refractivity contribution is 5.25. The molecule has 1 aromatic rings. The predicted molar refractivity (Wildman–Crippen MR) is 64.2 cm³/mol. The van der Waals surface area contributed by atoms with E-state index in [4.69, 9.17) is 0 Å². The summed E-state index contributed by atoms with van der Waals surface area (Å²) in [5.74, 6) is 0. The van der Waals surface area contributed by atoms with E-state index in [1.165, 1.54) is 24.1 Å². The van der Waals surface area contributed by atoms with Crippen LogP contribution < -0.4 is 10.6 Å². The Bertz CT molecular complexity index is 303. The molecule has 15 heavy (non-hydrogen) atoms. The summed E-state index contributed by atoms with van der Waals surface area (Å²) in [6.45, 7) is 5.58. The summed E-state index contributed by atoms with van der Waals surface area (Å²) < 4.78 is 0. The van der Waals surface area contributed by atoms with Crippen LogP contribution in [0.4, 0.5) is 0 Å². The maximum atomic E-state index is 3.59. The van der Waals surface area contributed by atoms with Crippen LogP contribution in [-0.4, -0.2) is 25.7 Å². The van der Waals surface area contributed by atoms with Gasteiger partial charge in [-0.05, 0) is 44.0 Å². The predicted octanol–water partition coefficient (Wildman–Crippen LogP) is 1.49. The van der Waals surface area contributed by atoms with Crippen molar-refractivity contribution in [1.29, 1.82) is 0 Å². The van der Waals surface area contributed by atoms with Crippen molar-refractivity contribution in [2.24, 2.45) is 0 Å². The molecule has 1 atom stereocenters. The molecule has 2 heteroatoms. The Morgan fingerprint density at radius 2 is 2.27 bits per heavy atom. The van der Waals surface area contributed by atoms with Crippen molar-refractivity contribution in [3.63, 3.8) is 0 Å². The molecule has 0 radical (unpaired) electrons. The van der Waals surface area contributed by atoms with Gasteiger partial charge in [0.05, 0.1) is 0 Å². The Kier molecular flexibility index (Phi) is 3.75. The Balaban J connectivity index is 1.75. The van der Waals surface area contributed by atoms with Gasteiger partial charge in [-0.1, -0.05) is 24.3 Å². The summed E-state index contributed by atoms with van der Waals surface area (Å²) in [6.07, 6.45) is 2.41. The number of hydrogen-bond donors (Lipinski definition) is 2. The number of rotatable bonds is 4. The molecule has 1 heterocycles. The highest BCUT2D eigenvalue weighted by Gasteiger charge is 2.12. The molecule has 0 aliphatic carbocycles. The van der Waals surface area contributed by atoms with E-state index in [1.807, 2.05) is 0 Å². The second-order valence-electron chi connectivity index (χ2n) is 4.32. The summed E-state index contributed by atoms with van der Waals surface area (Å²) in [4.78, 5) is 0. The van der Waals surface area contributed by atoms with E-state index >= 15 is 0 Å². The normalized spacial score (nSPS) is 20.7. The molecule has 2 rings (SSSR count). The summed E-state index contributed by atoms with van der Waals surface area (Å²) in [7, 11) is 0. The highest BCUT2D eigenvalue weighted by atomic mass is 15.0. The molecule has 1 saturated heterocycles. The fourth-order valence-corrected chi connectivity index (χ4v) is 2.13. The van der Waals surface area contributed by atoms with Crippen molar-refractivity contribution in [1.82, 2.24) is 10.6 Å².